The first-order valence-corrected chi connectivity index (χ1v) is 9.02. The molecule has 0 saturated carbocycles. The molecule has 0 spiro atoms. The minimum Gasteiger partial charge on any atom is -0.387 e. The Morgan fingerprint density at radius 1 is 0.875 bits per heavy atom. The number of hydrogen-bond acceptors (Lipinski definition) is 2. The molecule has 1 atom stereocenters. The molecule has 3 heteroatoms. The van der Waals surface area contributed by atoms with E-state index >= 15 is 0 Å². The molecule has 0 aliphatic carbocycles. The summed E-state index contributed by atoms with van der Waals surface area (Å²) in [5, 5.41) is 11.2. The molecule has 3 rings (SSSR count). The zero-order chi connectivity index (χ0) is 16.8. The Kier molecular flexibility index (Phi) is 6.08. The quantitative estimate of drug-likeness (QED) is 0.771. The van der Waals surface area contributed by atoms with Gasteiger partial charge in [0.1, 0.15) is 0 Å². The van der Waals surface area contributed by atoms with Crippen molar-refractivity contribution >= 4 is 23.8 Å². The van der Waals surface area contributed by atoms with Gasteiger partial charge in [0.15, 0.2) is 0 Å². The maximum atomic E-state index is 10.4. The summed E-state index contributed by atoms with van der Waals surface area (Å²) < 4.78 is 0. The normalized spacial score (nSPS) is 17.2. The molecule has 1 aliphatic heterocycles. The number of benzene rings is 2. The highest BCUT2D eigenvalue weighted by molar-refractivity contribution is 6.30. The number of likely N-dealkylation sites (tertiary alicyclic amines) is 1. The zero-order valence-corrected chi connectivity index (χ0v) is 14.6. The van der Waals surface area contributed by atoms with E-state index in [0.29, 0.717) is 0 Å². The average molecular weight is 342 g/mol. The van der Waals surface area contributed by atoms with Crippen molar-refractivity contribution in [2.24, 2.45) is 0 Å². The summed E-state index contributed by atoms with van der Waals surface area (Å²) in [5.41, 5.74) is 3.23. The van der Waals surface area contributed by atoms with Gasteiger partial charge in [-0.15, -0.1) is 0 Å². The Labute approximate surface area is 149 Å². The van der Waals surface area contributed by atoms with Crippen LogP contribution in [-0.4, -0.2) is 29.6 Å². The largest absolute Gasteiger partial charge is 0.387 e. The lowest BCUT2D eigenvalue weighted by Crippen LogP contribution is -2.33. The molecule has 0 aromatic heterocycles. The van der Waals surface area contributed by atoms with Gasteiger partial charge in [-0.05, 0) is 54.8 Å². The van der Waals surface area contributed by atoms with Crippen molar-refractivity contribution in [1.82, 2.24) is 4.90 Å². The predicted molar refractivity (Wildman–Crippen MR) is 102 cm³/mol. The molecule has 2 nitrogen and oxygen atoms in total. The number of piperidine rings is 1. The van der Waals surface area contributed by atoms with Crippen molar-refractivity contribution in [3.05, 3.63) is 70.2 Å². The van der Waals surface area contributed by atoms with Gasteiger partial charge in [0, 0.05) is 11.6 Å². The molecule has 1 heterocycles. The van der Waals surface area contributed by atoms with E-state index < -0.39 is 6.10 Å². The first-order valence-electron chi connectivity index (χ1n) is 8.65. The monoisotopic (exact) mass is 341 g/mol. The topological polar surface area (TPSA) is 23.5 Å². The number of nitrogens with zero attached hydrogens (tertiary/aromatic N) is 1. The maximum absolute atomic E-state index is 10.4. The van der Waals surface area contributed by atoms with Crippen molar-refractivity contribution in [2.45, 2.75) is 25.4 Å². The van der Waals surface area contributed by atoms with Crippen LogP contribution in [0.25, 0.3) is 12.2 Å². The van der Waals surface area contributed by atoms with Gasteiger partial charge in [-0.1, -0.05) is 66.6 Å². The Morgan fingerprint density at radius 3 is 2.00 bits per heavy atom. The van der Waals surface area contributed by atoms with Crippen LogP contribution < -0.4 is 0 Å². The Hall–Kier alpha value is -1.61. The number of halogens is 1. The van der Waals surface area contributed by atoms with Crippen LogP contribution in [0.15, 0.2) is 48.5 Å². The maximum Gasteiger partial charge on any atom is 0.0916 e. The molecule has 0 amide bonds. The number of aliphatic hydroxyl groups excluding tert-OH is 1. The molecule has 1 aliphatic rings. The summed E-state index contributed by atoms with van der Waals surface area (Å²) in [6.45, 7) is 2.96. The van der Waals surface area contributed by atoms with Crippen LogP contribution >= 0.6 is 11.6 Å². The van der Waals surface area contributed by atoms with E-state index in [9.17, 15) is 5.11 Å². The molecule has 24 heavy (non-hydrogen) atoms. The Balaban J connectivity index is 1.59. The highest BCUT2D eigenvalue weighted by atomic mass is 35.5. The molecule has 1 N–H and O–H groups in total. The van der Waals surface area contributed by atoms with E-state index in [1.807, 2.05) is 36.4 Å². The van der Waals surface area contributed by atoms with Crippen LogP contribution in [0.2, 0.25) is 5.02 Å². The van der Waals surface area contributed by atoms with E-state index in [-0.39, 0.29) is 0 Å². The van der Waals surface area contributed by atoms with Crippen LogP contribution in [0.1, 0.15) is 42.1 Å². The molecule has 2 aromatic carbocycles. The summed E-state index contributed by atoms with van der Waals surface area (Å²) in [6, 6.07) is 15.9. The number of β-amino-alcohol motifs (C(OH)–C–C–N with tert-alkyl or cyclic N) is 1. The minimum atomic E-state index is -0.405. The Morgan fingerprint density at radius 2 is 1.42 bits per heavy atom. The summed E-state index contributed by atoms with van der Waals surface area (Å²) in [4.78, 5) is 2.36. The van der Waals surface area contributed by atoms with Gasteiger partial charge >= 0.3 is 0 Å². The smallest absolute Gasteiger partial charge is 0.0916 e. The summed E-state index contributed by atoms with van der Waals surface area (Å²) in [5.74, 6) is 0. The van der Waals surface area contributed by atoms with E-state index in [1.165, 1.54) is 19.3 Å². The van der Waals surface area contributed by atoms with Crippen molar-refractivity contribution in [1.29, 1.82) is 0 Å². The van der Waals surface area contributed by atoms with Crippen molar-refractivity contribution in [3.63, 3.8) is 0 Å². The number of hydrogen-bond donors (Lipinski definition) is 1. The first-order chi connectivity index (χ1) is 11.7. The standard InChI is InChI=1S/C21H24ClNO/c22-20-12-8-18(9-13-20)5-4-17-6-10-19(11-7-17)21(24)16-23-14-2-1-3-15-23/h4-13,21,24H,1-3,14-16H2/b5-4-/t21-/m1/s1. The molecule has 0 bridgehead atoms. The van der Waals surface area contributed by atoms with E-state index in [2.05, 4.69) is 29.2 Å². The second-order valence-electron chi connectivity index (χ2n) is 6.43. The molecular weight excluding hydrogens is 318 g/mol. The lowest BCUT2D eigenvalue weighted by atomic mass is 10.0. The zero-order valence-electron chi connectivity index (χ0n) is 13.9. The highest BCUT2D eigenvalue weighted by Crippen LogP contribution is 2.19. The van der Waals surface area contributed by atoms with Gasteiger partial charge in [0.25, 0.3) is 0 Å². The summed E-state index contributed by atoms with van der Waals surface area (Å²) in [7, 11) is 0. The fourth-order valence-electron chi connectivity index (χ4n) is 3.09. The molecular formula is C21H24ClNO. The SMILES string of the molecule is O[C@H](CN1CCCCC1)c1ccc(/C=C\c2ccc(Cl)cc2)cc1. The fourth-order valence-corrected chi connectivity index (χ4v) is 3.21. The van der Waals surface area contributed by atoms with E-state index in [1.54, 1.807) is 0 Å². The third kappa shape index (κ3) is 4.94. The van der Waals surface area contributed by atoms with Crippen LogP contribution in [0.5, 0.6) is 0 Å². The van der Waals surface area contributed by atoms with E-state index in [0.717, 1.165) is 41.3 Å². The second kappa shape index (κ2) is 8.48. The third-order valence-electron chi connectivity index (χ3n) is 4.54. The molecule has 1 fully saturated rings. The van der Waals surface area contributed by atoms with Gasteiger partial charge in [-0.3, -0.25) is 0 Å². The van der Waals surface area contributed by atoms with E-state index in [4.69, 9.17) is 11.6 Å². The van der Waals surface area contributed by atoms with Crippen LogP contribution in [0, 0.1) is 0 Å². The van der Waals surface area contributed by atoms with Crippen LogP contribution in [0.4, 0.5) is 0 Å². The van der Waals surface area contributed by atoms with Crippen LogP contribution in [-0.2, 0) is 0 Å². The number of aliphatic hydroxyl groups is 1. The molecule has 1 saturated heterocycles. The highest BCUT2D eigenvalue weighted by Gasteiger charge is 2.15. The second-order valence-corrected chi connectivity index (χ2v) is 6.87. The third-order valence-corrected chi connectivity index (χ3v) is 4.79. The Bertz CT molecular complexity index is 657. The average Bonchev–Trinajstić information content (AvgIpc) is 2.62. The molecule has 126 valence electrons. The number of rotatable bonds is 5. The lowest BCUT2D eigenvalue weighted by Gasteiger charge is -2.28. The minimum absolute atomic E-state index is 0.405. The van der Waals surface area contributed by atoms with Gasteiger partial charge in [0.05, 0.1) is 6.10 Å². The lowest BCUT2D eigenvalue weighted by molar-refractivity contribution is 0.101. The summed E-state index contributed by atoms with van der Waals surface area (Å²) >= 11 is 5.89. The van der Waals surface area contributed by atoms with Crippen LogP contribution in [0.3, 0.4) is 0 Å². The van der Waals surface area contributed by atoms with Crippen molar-refractivity contribution in [3.8, 4) is 0 Å². The molecule has 0 unspecified atom stereocenters. The predicted octanol–water partition coefficient (Wildman–Crippen LogP) is 5.03. The summed E-state index contributed by atoms with van der Waals surface area (Å²) in [6.07, 6.45) is 7.56. The van der Waals surface area contributed by atoms with Gasteiger partial charge in [0.2, 0.25) is 0 Å². The van der Waals surface area contributed by atoms with Gasteiger partial charge < -0.3 is 10.0 Å². The van der Waals surface area contributed by atoms with Crippen molar-refractivity contribution < 1.29 is 5.11 Å². The van der Waals surface area contributed by atoms with Gasteiger partial charge in [-0.25, -0.2) is 0 Å². The first kappa shape index (κ1) is 17.2. The molecule has 0 radical (unpaired) electrons. The van der Waals surface area contributed by atoms with Crippen molar-refractivity contribution in [2.75, 3.05) is 19.6 Å². The molecule has 2 aromatic rings. The van der Waals surface area contributed by atoms with Gasteiger partial charge in [-0.2, -0.15) is 0 Å². The fraction of sp³-hybridized carbons (Fsp3) is 0.333.